The van der Waals surface area contributed by atoms with Gasteiger partial charge in [0.05, 0.1) is 20.8 Å². The molecule has 160 valence electrons. The van der Waals surface area contributed by atoms with Crippen LogP contribution in [-0.2, 0) is 11.2 Å². The molecule has 3 aromatic carbocycles. The Balaban J connectivity index is 1.50. The van der Waals surface area contributed by atoms with Crippen molar-refractivity contribution < 1.29 is 19.0 Å². The molecule has 0 atom stereocenters. The molecule has 0 radical (unpaired) electrons. The molecule has 5 nitrogen and oxygen atoms in total. The van der Waals surface area contributed by atoms with Crippen molar-refractivity contribution in [3.05, 3.63) is 90.0 Å². The molecule has 3 rings (SSSR count). The summed E-state index contributed by atoms with van der Waals surface area (Å²) >= 11 is 0. The molecule has 0 fully saturated rings. The lowest BCUT2D eigenvalue weighted by Crippen LogP contribution is -2.08. The summed E-state index contributed by atoms with van der Waals surface area (Å²) in [5.41, 5.74) is 2.82. The zero-order chi connectivity index (χ0) is 21.9. The molecule has 0 bridgehead atoms. The predicted molar refractivity (Wildman–Crippen MR) is 124 cm³/mol. The van der Waals surface area contributed by atoms with Crippen molar-refractivity contribution >= 4 is 17.7 Å². The van der Waals surface area contributed by atoms with Gasteiger partial charge in [0.1, 0.15) is 5.75 Å². The SMILES string of the molecule is COc1ccc(/C=C/C(=O)Nc2cccc(OCCCc3ccccc3)c2)cc1OC. The molecular weight excluding hydrogens is 390 g/mol. The largest absolute Gasteiger partial charge is 0.494 e. The van der Waals surface area contributed by atoms with Crippen molar-refractivity contribution in [2.24, 2.45) is 0 Å². The number of aryl methyl sites for hydroxylation is 1. The van der Waals surface area contributed by atoms with E-state index in [2.05, 4.69) is 17.4 Å². The Morgan fingerprint density at radius 2 is 1.71 bits per heavy atom. The maximum atomic E-state index is 12.3. The standard InChI is InChI=1S/C26H27NO4/c1-29-24-15-13-21(18-25(24)30-2)14-16-26(28)27-22-11-6-12-23(19-22)31-17-7-10-20-8-4-3-5-9-20/h3-6,8-9,11-16,18-19H,7,10,17H2,1-2H3,(H,27,28)/b16-14+. The highest BCUT2D eigenvalue weighted by atomic mass is 16.5. The maximum Gasteiger partial charge on any atom is 0.248 e. The van der Waals surface area contributed by atoms with Crippen LogP contribution in [0.5, 0.6) is 17.2 Å². The number of anilines is 1. The number of hydrogen-bond donors (Lipinski definition) is 1. The van der Waals surface area contributed by atoms with Crippen LogP contribution in [0.1, 0.15) is 17.5 Å². The zero-order valence-electron chi connectivity index (χ0n) is 17.8. The minimum absolute atomic E-state index is 0.226. The third-order valence-corrected chi connectivity index (χ3v) is 4.66. The van der Waals surface area contributed by atoms with Crippen LogP contribution in [0, 0.1) is 0 Å². The molecule has 0 spiro atoms. The second-order valence-electron chi connectivity index (χ2n) is 6.90. The quantitative estimate of drug-likeness (QED) is 0.356. The fourth-order valence-electron chi connectivity index (χ4n) is 3.09. The molecule has 1 N–H and O–H groups in total. The lowest BCUT2D eigenvalue weighted by molar-refractivity contribution is -0.111. The summed E-state index contributed by atoms with van der Waals surface area (Å²) in [6.07, 6.45) is 5.10. The van der Waals surface area contributed by atoms with Crippen LogP contribution in [-0.4, -0.2) is 26.7 Å². The normalized spacial score (nSPS) is 10.6. The van der Waals surface area contributed by atoms with Gasteiger partial charge in [0.2, 0.25) is 5.91 Å². The second kappa shape index (κ2) is 11.5. The highest BCUT2D eigenvalue weighted by molar-refractivity contribution is 6.02. The van der Waals surface area contributed by atoms with Gasteiger partial charge in [-0.2, -0.15) is 0 Å². The number of rotatable bonds is 10. The van der Waals surface area contributed by atoms with E-state index >= 15 is 0 Å². The number of nitrogens with one attached hydrogen (secondary N) is 1. The Morgan fingerprint density at radius 1 is 0.903 bits per heavy atom. The summed E-state index contributed by atoms with van der Waals surface area (Å²) in [6.45, 7) is 0.617. The molecule has 0 aliphatic heterocycles. The minimum Gasteiger partial charge on any atom is -0.494 e. The summed E-state index contributed by atoms with van der Waals surface area (Å²) in [5.74, 6) is 1.76. The molecule has 0 aromatic heterocycles. The second-order valence-corrected chi connectivity index (χ2v) is 6.90. The van der Waals surface area contributed by atoms with E-state index in [-0.39, 0.29) is 5.91 Å². The van der Waals surface area contributed by atoms with Crippen molar-refractivity contribution in [2.75, 3.05) is 26.1 Å². The number of hydrogen-bond acceptors (Lipinski definition) is 4. The van der Waals surface area contributed by atoms with Gasteiger partial charge in [0, 0.05) is 17.8 Å². The highest BCUT2D eigenvalue weighted by Crippen LogP contribution is 2.28. The Morgan fingerprint density at radius 3 is 2.48 bits per heavy atom. The van der Waals surface area contributed by atoms with Crippen LogP contribution in [0.25, 0.3) is 6.08 Å². The first-order chi connectivity index (χ1) is 15.2. The van der Waals surface area contributed by atoms with Crippen LogP contribution >= 0.6 is 0 Å². The number of benzene rings is 3. The van der Waals surface area contributed by atoms with Gasteiger partial charge < -0.3 is 19.5 Å². The minimum atomic E-state index is -0.226. The van der Waals surface area contributed by atoms with Crippen molar-refractivity contribution in [2.45, 2.75) is 12.8 Å². The van der Waals surface area contributed by atoms with Gasteiger partial charge in [-0.1, -0.05) is 42.5 Å². The number of amides is 1. The summed E-state index contributed by atoms with van der Waals surface area (Å²) < 4.78 is 16.3. The molecular formula is C26H27NO4. The Kier molecular flexibility index (Phi) is 8.12. The van der Waals surface area contributed by atoms with Crippen LogP contribution in [0.4, 0.5) is 5.69 Å². The third-order valence-electron chi connectivity index (χ3n) is 4.66. The van der Waals surface area contributed by atoms with E-state index in [1.165, 1.54) is 11.6 Å². The average Bonchev–Trinajstić information content (AvgIpc) is 2.81. The van der Waals surface area contributed by atoms with Gasteiger partial charge >= 0.3 is 0 Å². The average molecular weight is 418 g/mol. The van der Waals surface area contributed by atoms with Gasteiger partial charge in [-0.3, -0.25) is 4.79 Å². The van der Waals surface area contributed by atoms with E-state index < -0.39 is 0 Å². The van der Waals surface area contributed by atoms with Gasteiger partial charge in [0.25, 0.3) is 0 Å². The van der Waals surface area contributed by atoms with Crippen molar-refractivity contribution in [3.63, 3.8) is 0 Å². The van der Waals surface area contributed by atoms with E-state index in [1.54, 1.807) is 26.4 Å². The van der Waals surface area contributed by atoms with Crippen LogP contribution in [0.3, 0.4) is 0 Å². The molecule has 5 heteroatoms. The van der Waals surface area contributed by atoms with Crippen LogP contribution < -0.4 is 19.5 Å². The molecule has 31 heavy (non-hydrogen) atoms. The fraction of sp³-hybridized carbons (Fsp3) is 0.192. The first kappa shape index (κ1) is 22.0. The Bertz CT molecular complexity index is 1010. The predicted octanol–water partition coefficient (Wildman–Crippen LogP) is 5.37. The van der Waals surface area contributed by atoms with Gasteiger partial charge in [-0.05, 0) is 54.3 Å². The van der Waals surface area contributed by atoms with Crippen molar-refractivity contribution in [1.82, 2.24) is 0 Å². The zero-order valence-corrected chi connectivity index (χ0v) is 17.8. The molecule has 0 saturated heterocycles. The molecule has 1 amide bonds. The third kappa shape index (κ3) is 6.93. The van der Waals surface area contributed by atoms with Crippen molar-refractivity contribution in [3.8, 4) is 17.2 Å². The molecule has 0 aliphatic carbocycles. The highest BCUT2D eigenvalue weighted by Gasteiger charge is 2.04. The first-order valence-corrected chi connectivity index (χ1v) is 10.2. The van der Waals surface area contributed by atoms with Crippen LogP contribution in [0.2, 0.25) is 0 Å². The lowest BCUT2D eigenvalue weighted by Gasteiger charge is -2.09. The summed E-state index contributed by atoms with van der Waals surface area (Å²) in [6, 6.07) is 23.2. The van der Waals surface area contributed by atoms with E-state index in [9.17, 15) is 4.79 Å². The number of carbonyl (C=O) groups is 1. The monoisotopic (exact) mass is 417 g/mol. The summed E-state index contributed by atoms with van der Waals surface area (Å²) in [7, 11) is 3.16. The topological polar surface area (TPSA) is 56.8 Å². The molecule has 0 aliphatic rings. The number of methoxy groups -OCH3 is 2. The lowest BCUT2D eigenvalue weighted by atomic mass is 10.1. The summed E-state index contributed by atoms with van der Waals surface area (Å²) in [4.78, 5) is 12.3. The molecule has 0 unspecified atom stereocenters. The van der Waals surface area contributed by atoms with E-state index in [0.717, 1.165) is 24.2 Å². The van der Waals surface area contributed by atoms with Gasteiger partial charge in [0.15, 0.2) is 11.5 Å². The van der Waals surface area contributed by atoms with Crippen molar-refractivity contribution in [1.29, 1.82) is 0 Å². The first-order valence-electron chi connectivity index (χ1n) is 10.2. The molecule has 0 heterocycles. The number of ether oxygens (including phenoxy) is 3. The van der Waals surface area contributed by atoms with E-state index in [4.69, 9.17) is 14.2 Å². The smallest absolute Gasteiger partial charge is 0.248 e. The molecule has 0 saturated carbocycles. The number of carbonyl (C=O) groups excluding carboxylic acids is 1. The molecule has 3 aromatic rings. The maximum absolute atomic E-state index is 12.3. The van der Waals surface area contributed by atoms with Gasteiger partial charge in [-0.25, -0.2) is 0 Å². The van der Waals surface area contributed by atoms with E-state index in [1.807, 2.05) is 54.6 Å². The van der Waals surface area contributed by atoms with E-state index in [0.29, 0.717) is 23.8 Å². The summed E-state index contributed by atoms with van der Waals surface area (Å²) in [5, 5.41) is 2.86. The Hall–Kier alpha value is -3.73. The Labute approximate surface area is 183 Å². The van der Waals surface area contributed by atoms with Crippen LogP contribution in [0.15, 0.2) is 78.9 Å². The fourth-order valence-corrected chi connectivity index (χ4v) is 3.09. The van der Waals surface area contributed by atoms with Gasteiger partial charge in [-0.15, -0.1) is 0 Å².